The number of amides is 4. The smallest absolute Gasteiger partial charge is 0.247 e. The highest BCUT2D eigenvalue weighted by Gasteiger charge is 2.34. The summed E-state index contributed by atoms with van der Waals surface area (Å²) in [7, 11) is 0. The van der Waals surface area contributed by atoms with Crippen molar-refractivity contribution in [2.45, 2.75) is 51.1 Å². The predicted octanol–water partition coefficient (Wildman–Crippen LogP) is 4.37. The van der Waals surface area contributed by atoms with E-state index in [1.165, 1.54) is 6.92 Å². The van der Waals surface area contributed by atoms with Gasteiger partial charge in [-0.05, 0) is 73.2 Å². The lowest BCUT2D eigenvalue weighted by Gasteiger charge is -2.24. The fourth-order valence-corrected chi connectivity index (χ4v) is 5.51. The van der Waals surface area contributed by atoms with E-state index in [1.54, 1.807) is 16.0 Å². The van der Waals surface area contributed by atoms with Crippen LogP contribution in [0.15, 0.2) is 72.9 Å². The van der Waals surface area contributed by atoms with Crippen molar-refractivity contribution in [3.63, 3.8) is 0 Å². The van der Waals surface area contributed by atoms with E-state index < -0.39 is 12.1 Å². The van der Waals surface area contributed by atoms with Gasteiger partial charge in [-0.15, -0.1) is 0 Å². The van der Waals surface area contributed by atoms with Crippen molar-refractivity contribution in [2.75, 3.05) is 23.7 Å². The Bertz CT molecular complexity index is 1450. The molecule has 5 rings (SSSR count). The molecule has 0 spiro atoms. The lowest BCUT2D eigenvalue weighted by atomic mass is 10.1. The van der Waals surface area contributed by atoms with Gasteiger partial charge in [-0.25, -0.2) is 0 Å². The minimum absolute atomic E-state index is 0.0759. The second kappa shape index (κ2) is 13.2. The summed E-state index contributed by atoms with van der Waals surface area (Å²) in [5.74, 6) is -0.502. The molecular weight excluding hydrogens is 530 g/mol. The lowest BCUT2D eigenvalue weighted by Crippen LogP contribution is -2.43. The highest BCUT2D eigenvalue weighted by atomic mass is 16.2. The number of carbonyl (C=O) groups excluding carboxylic acids is 4. The number of rotatable bonds is 8. The molecule has 0 radical (unpaired) electrons. The van der Waals surface area contributed by atoms with Gasteiger partial charge in [-0.2, -0.15) is 0 Å². The van der Waals surface area contributed by atoms with Gasteiger partial charge in [-0.3, -0.25) is 24.2 Å². The fraction of sp³-hybridized carbons (Fsp3) is 0.303. The Hall–Kier alpha value is -4.79. The van der Waals surface area contributed by atoms with Crippen LogP contribution in [0.3, 0.4) is 0 Å². The molecule has 9 heteroatoms. The summed E-state index contributed by atoms with van der Waals surface area (Å²) >= 11 is 0. The zero-order valence-electron chi connectivity index (χ0n) is 23.7. The van der Waals surface area contributed by atoms with E-state index in [9.17, 15) is 19.2 Å². The average Bonchev–Trinajstić information content (AvgIpc) is 3.69. The van der Waals surface area contributed by atoms with Gasteiger partial charge in [-0.1, -0.05) is 42.5 Å². The van der Waals surface area contributed by atoms with Crippen LogP contribution in [0.25, 0.3) is 12.2 Å². The van der Waals surface area contributed by atoms with E-state index in [2.05, 4.69) is 15.6 Å². The molecule has 216 valence electrons. The van der Waals surface area contributed by atoms with Crippen LogP contribution < -0.4 is 10.6 Å². The van der Waals surface area contributed by atoms with Crippen LogP contribution in [-0.4, -0.2) is 63.6 Å². The molecule has 2 saturated heterocycles. The number of hydrogen-bond acceptors (Lipinski definition) is 5. The third-order valence-corrected chi connectivity index (χ3v) is 7.72. The van der Waals surface area contributed by atoms with Crippen LogP contribution in [-0.2, 0) is 25.6 Å². The van der Waals surface area contributed by atoms with Crippen molar-refractivity contribution >= 4 is 47.2 Å². The molecule has 2 fully saturated rings. The fourth-order valence-electron chi connectivity index (χ4n) is 5.51. The number of aromatic nitrogens is 1. The molecule has 9 nitrogen and oxygen atoms in total. The summed E-state index contributed by atoms with van der Waals surface area (Å²) in [4.78, 5) is 57.8. The molecule has 2 N–H and O–H groups in total. The first-order valence-corrected chi connectivity index (χ1v) is 14.3. The average molecular weight is 566 g/mol. The van der Waals surface area contributed by atoms with Crippen molar-refractivity contribution in [3.05, 3.63) is 89.7 Å². The Balaban J connectivity index is 1.12. The normalized spacial score (nSPS) is 18.3. The highest BCUT2D eigenvalue weighted by Crippen LogP contribution is 2.22. The first-order valence-electron chi connectivity index (χ1n) is 14.3. The van der Waals surface area contributed by atoms with Gasteiger partial charge in [0.15, 0.2) is 0 Å². The molecule has 0 aliphatic carbocycles. The Morgan fingerprint density at radius 3 is 1.79 bits per heavy atom. The van der Waals surface area contributed by atoms with Gasteiger partial charge in [0.2, 0.25) is 23.6 Å². The van der Waals surface area contributed by atoms with Crippen LogP contribution in [0.2, 0.25) is 0 Å². The Kier molecular flexibility index (Phi) is 9.06. The maximum absolute atomic E-state index is 13.0. The number of nitrogens with one attached hydrogen (secondary N) is 2. The number of likely N-dealkylation sites (tertiary alicyclic amines) is 2. The van der Waals surface area contributed by atoms with Crippen LogP contribution in [0.5, 0.6) is 0 Å². The van der Waals surface area contributed by atoms with E-state index in [4.69, 9.17) is 0 Å². The molecule has 2 aliphatic heterocycles. The number of benzene rings is 2. The molecule has 0 unspecified atom stereocenters. The van der Waals surface area contributed by atoms with E-state index in [0.717, 1.165) is 24.0 Å². The van der Waals surface area contributed by atoms with E-state index in [1.807, 2.05) is 78.9 Å². The molecule has 3 aromatic rings. The van der Waals surface area contributed by atoms with Crippen molar-refractivity contribution in [2.24, 2.45) is 0 Å². The van der Waals surface area contributed by atoms with Crippen molar-refractivity contribution in [1.29, 1.82) is 0 Å². The SMILES string of the molecule is CC(=O)N1CCC[C@H]1C(=O)Nc1ccc(/C=C/c2ccc(NC(=O)[C@@H]3CCCN3C(=O)Cc3ccccn3)cc2)cc1. The first-order chi connectivity index (χ1) is 20.4. The van der Waals surface area contributed by atoms with Crippen molar-refractivity contribution < 1.29 is 19.2 Å². The zero-order valence-corrected chi connectivity index (χ0v) is 23.7. The van der Waals surface area contributed by atoms with E-state index in [-0.39, 0.29) is 30.0 Å². The van der Waals surface area contributed by atoms with Gasteiger partial charge < -0.3 is 20.4 Å². The number of pyridine rings is 1. The quantitative estimate of drug-likeness (QED) is 0.394. The molecule has 1 aromatic heterocycles. The topological polar surface area (TPSA) is 112 Å². The monoisotopic (exact) mass is 565 g/mol. The Morgan fingerprint density at radius 1 is 0.762 bits per heavy atom. The molecule has 42 heavy (non-hydrogen) atoms. The summed E-state index contributed by atoms with van der Waals surface area (Å²) in [6.07, 6.45) is 8.74. The third-order valence-electron chi connectivity index (χ3n) is 7.72. The molecule has 3 heterocycles. The van der Waals surface area contributed by atoms with Crippen LogP contribution in [0, 0.1) is 0 Å². The Labute approximate surface area is 245 Å². The number of carbonyl (C=O) groups is 4. The largest absolute Gasteiger partial charge is 0.331 e. The minimum Gasteiger partial charge on any atom is -0.331 e. The zero-order chi connectivity index (χ0) is 29.5. The molecular formula is C33H35N5O4. The summed E-state index contributed by atoms with van der Waals surface area (Å²) < 4.78 is 0. The minimum atomic E-state index is -0.486. The van der Waals surface area contributed by atoms with Crippen molar-refractivity contribution in [3.8, 4) is 0 Å². The summed E-state index contributed by atoms with van der Waals surface area (Å²) in [5.41, 5.74) is 3.98. The Morgan fingerprint density at radius 2 is 1.29 bits per heavy atom. The van der Waals surface area contributed by atoms with Gasteiger partial charge in [0.05, 0.1) is 6.42 Å². The van der Waals surface area contributed by atoms with Gasteiger partial charge in [0.1, 0.15) is 12.1 Å². The molecule has 0 saturated carbocycles. The number of anilines is 2. The summed E-state index contributed by atoms with van der Waals surface area (Å²) in [5, 5.41) is 5.87. The van der Waals surface area contributed by atoms with E-state index >= 15 is 0 Å². The summed E-state index contributed by atoms with van der Waals surface area (Å²) in [6.45, 7) is 2.69. The second-order valence-electron chi connectivity index (χ2n) is 10.7. The molecule has 2 aliphatic rings. The molecule has 4 amide bonds. The maximum atomic E-state index is 13.0. The molecule has 2 atom stereocenters. The highest BCUT2D eigenvalue weighted by molar-refractivity contribution is 5.98. The van der Waals surface area contributed by atoms with Crippen LogP contribution in [0.1, 0.15) is 49.4 Å². The van der Waals surface area contributed by atoms with Gasteiger partial charge >= 0.3 is 0 Å². The number of nitrogens with zero attached hydrogens (tertiary/aromatic N) is 3. The predicted molar refractivity (Wildman–Crippen MR) is 162 cm³/mol. The van der Waals surface area contributed by atoms with E-state index in [0.29, 0.717) is 43.0 Å². The molecule has 0 bridgehead atoms. The van der Waals surface area contributed by atoms with Crippen molar-refractivity contribution in [1.82, 2.24) is 14.8 Å². The lowest BCUT2D eigenvalue weighted by molar-refractivity contribution is -0.136. The van der Waals surface area contributed by atoms with Gasteiger partial charge in [0, 0.05) is 43.3 Å². The first kappa shape index (κ1) is 28.7. The third kappa shape index (κ3) is 7.09. The second-order valence-corrected chi connectivity index (χ2v) is 10.7. The molecule has 2 aromatic carbocycles. The van der Waals surface area contributed by atoms with Gasteiger partial charge in [0.25, 0.3) is 0 Å². The van der Waals surface area contributed by atoms with Crippen LogP contribution in [0.4, 0.5) is 11.4 Å². The summed E-state index contributed by atoms with van der Waals surface area (Å²) in [6, 6.07) is 19.6. The van der Waals surface area contributed by atoms with Crippen LogP contribution >= 0.6 is 0 Å². The standard InChI is InChI=1S/C33H35N5O4/c1-23(39)37-20-4-7-29(37)32(41)35-26-15-11-24(12-16-26)9-10-25-13-17-27(18-14-25)36-33(42)30-8-5-21-38(30)31(40)22-28-6-2-3-19-34-28/h2-3,6,9-19,29-30H,4-5,7-8,20-22H2,1H3,(H,35,41)(H,36,42)/b10-9+/t29-,30-/m0/s1. The number of hydrogen-bond donors (Lipinski definition) is 2. The maximum Gasteiger partial charge on any atom is 0.247 e.